The first-order valence-corrected chi connectivity index (χ1v) is 4.56. The van der Waals surface area contributed by atoms with Gasteiger partial charge in [-0.1, -0.05) is 13.8 Å². The van der Waals surface area contributed by atoms with Crippen molar-refractivity contribution in [1.29, 1.82) is 0 Å². The van der Waals surface area contributed by atoms with E-state index in [1.165, 1.54) is 0 Å². The largest absolute Gasteiger partial charge is 0.501 e. The van der Waals surface area contributed by atoms with Crippen LogP contribution in [0.2, 0.25) is 0 Å². The molecule has 1 heterocycles. The van der Waals surface area contributed by atoms with Gasteiger partial charge in [0, 0.05) is 12.3 Å². The summed E-state index contributed by atoms with van der Waals surface area (Å²) in [4.78, 5) is 11.3. The van der Waals surface area contributed by atoms with Gasteiger partial charge in [0.05, 0.1) is 12.9 Å². The molecule has 0 aromatic rings. The maximum atomic E-state index is 11.3. The summed E-state index contributed by atoms with van der Waals surface area (Å²) in [6.45, 7) is 4.68. The zero-order chi connectivity index (χ0) is 8.97. The normalized spacial score (nSPS) is 24.7. The summed E-state index contributed by atoms with van der Waals surface area (Å²) < 4.78 is 5.07. The van der Waals surface area contributed by atoms with Crippen molar-refractivity contribution in [3.63, 3.8) is 0 Å². The molecule has 0 saturated heterocycles. The van der Waals surface area contributed by atoms with Crippen molar-refractivity contribution in [3.05, 3.63) is 12.3 Å². The summed E-state index contributed by atoms with van der Waals surface area (Å²) in [5.74, 6) is 0.910. The van der Waals surface area contributed by atoms with Crippen LogP contribution in [-0.2, 0) is 9.53 Å². The van der Waals surface area contributed by atoms with Crippen molar-refractivity contribution in [1.82, 2.24) is 0 Å². The molecule has 0 radical (unpaired) electrons. The van der Waals surface area contributed by atoms with Crippen LogP contribution < -0.4 is 0 Å². The van der Waals surface area contributed by atoms with E-state index in [2.05, 4.69) is 0 Å². The molecule has 1 rings (SSSR count). The van der Waals surface area contributed by atoms with Crippen molar-refractivity contribution >= 4 is 5.78 Å². The van der Waals surface area contributed by atoms with Crippen LogP contribution >= 0.6 is 0 Å². The summed E-state index contributed by atoms with van der Waals surface area (Å²) in [5.41, 5.74) is 0. The van der Waals surface area contributed by atoms with Gasteiger partial charge >= 0.3 is 0 Å². The molecule has 2 heteroatoms. The van der Waals surface area contributed by atoms with E-state index >= 15 is 0 Å². The molecule has 0 spiro atoms. The van der Waals surface area contributed by atoms with Crippen LogP contribution in [0, 0.1) is 11.8 Å². The van der Waals surface area contributed by atoms with Gasteiger partial charge in [-0.3, -0.25) is 4.79 Å². The summed E-state index contributed by atoms with van der Waals surface area (Å²) in [5, 5.41) is 0. The van der Waals surface area contributed by atoms with Gasteiger partial charge in [-0.25, -0.2) is 0 Å². The molecule has 2 atom stereocenters. The number of carbonyl (C=O) groups is 1. The topological polar surface area (TPSA) is 26.3 Å². The lowest BCUT2D eigenvalue weighted by molar-refractivity contribution is -0.123. The van der Waals surface area contributed by atoms with E-state index in [4.69, 9.17) is 4.74 Å². The number of hydrogen-bond donors (Lipinski definition) is 0. The molecule has 0 aliphatic carbocycles. The average molecular weight is 168 g/mol. The average Bonchev–Trinajstić information content (AvgIpc) is 2.17. The fraction of sp³-hybridized carbons (Fsp3) is 0.700. The van der Waals surface area contributed by atoms with Gasteiger partial charge in [0.2, 0.25) is 0 Å². The lowest BCUT2D eigenvalue weighted by Gasteiger charge is -2.21. The maximum absolute atomic E-state index is 11.3. The van der Waals surface area contributed by atoms with E-state index in [0.29, 0.717) is 18.1 Å². The van der Waals surface area contributed by atoms with Crippen LogP contribution in [0.4, 0.5) is 0 Å². The van der Waals surface area contributed by atoms with Gasteiger partial charge in [-0.2, -0.15) is 0 Å². The third-order valence-electron chi connectivity index (χ3n) is 2.49. The van der Waals surface area contributed by atoms with Crippen molar-refractivity contribution in [2.75, 3.05) is 6.61 Å². The van der Waals surface area contributed by atoms with Crippen LogP contribution in [0.15, 0.2) is 12.3 Å². The molecular formula is C10H16O2. The van der Waals surface area contributed by atoms with Crippen LogP contribution in [0.1, 0.15) is 26.7 Å². The van der Waals surface area contributed by atoms with E-state index in [-0.39, 0.29) is 5.92 Å². The molecule has 0 N–H and O–H groups in total. The Balaban J connectivity index is 2.50. The first-order chi connectivity index (χ1) is 5.75. The summed E-state index contributed by atoms with van der Waals surface area (Å²) in [6.07, 6.45) is 5.34. The number of ether oxygens (including phenoxy) is 1. The lowest BCUT2D eigenvalue weighted by Crippen LogP contribution is -2.21. The lowest BCUT2D eigenvalue weighted by atomic mass is 9.86. The number of carbonyl (C=O) groups excluding carboxylic acids is 1. The fourth-order valence-electron chi connectivity index (χ4n) is 1.50. The quantitative estimate of drug-likeness (QED) is 0.645. The smallest absolute Gasteiger partial charge is 0.136 e. The molecule has 68 valence electrons. The van der Waals surface area contributed by atoms with Crippen molar-refractivity contribution in [2.24, 2.45) is 11.8 Å². The first kappa shape index (κ1) is 9.30. The van der Waals surface area contributed by atoms with E-state index in [0.717, 1.165) is 13.0 Å². The van der Waals surface area contributed by atoms with Crippen LogP contribution in [0.5, 0.6) is 0 Å². The minimum absolute atomic E-state index is 0.162. The highest BCUT2D eigenvalue weighted by atomic mass is 16.5. The number of hydrogen-bond acceptors (Lipinski definition) is 2. The molecular weight excluding hydrogens is 152 g/mol. The van der Waals surface area contributed by atoms with Crippen LogP contribution in [0.25, 0.3) is 0 Å². The van der Waals surface area contributed by atoms with E-state index in [1.807, 2.05) is 19.9 Å². The third kappa shape index (κ3) is 2.10. The molecule has 0 amide bonds. The zero-order valence-corrected chi connectivity index (χ0v) is 7.75. The third-order valence-corrected chi connectivity index (χ3v) is 2.49. The van der Waals surface area contributed by atoms with Crippen molar-refractivity contribution in [2.45, 2.75) is 26.7 Å². The summed E-state index contributed by atoms with van der Waals surface area (Å²) >= 11 is 0. The second kappa shape index (κ2) is 4.29. The van der Waals surface area contributed by atoms with E-state index < -0.39 is 0 Å². The first-order valence-electron chi connectivity index (χ1n) is 4.56. The molecule has 0 fully saturated rings. The predicted molar refractivity (Wildman–Crippen MR) is 47.7 cm³/mol. The molecule has 1 aliphatic heterocycles. The van der Waals surface area contributed by atoms with E-state index in [9.17, 15) is 4.79 Å². The summed E-state index contributed by atoms with van der Waals surface area (Å²) in [6, 6.07) is 0. The fourth-order valence-corrected chi connectivity index (χ4v) is 1.50. The Bertz CT molecular complexity index is 184. The number of rotatable bonds is 3. The van der Waals surface area contributed by atoms with Gasteiger partial charge in [0.15, 0.2) is 0 Å². The Labute approximate surface area is 73.6 Å². The second-order valence-electron chi connectivity index (χ2n) is 3.26. The molecule has 0 aromatic carbocycles. The zero-order valence-electron chi connectivity index (χ0n) is 7.75. The number of ketones is 1. The Morgan fingerprint density at radius 1 is 1.75 bits per heavy atom. The van der Waals surface area contributed by atoms with Gasteiger partial charge in [-0.05, 0) is 18.4 Å². The highest BCUT2D eigenvalue weighted by Crippen LogP contribution is 2.22. The second-order valence-corrected chi connectivity index (χ2v) is 3.26. The molecule has 0 aromatic heterocycles. The molecule has 0 bridgehead atoms. The minimum atomic E-state index is 0.162. The van der Waals surface area contributed by atoms with Gasteiger partial charge in [0.1, 0.15) is 5.78 Å². The number of Topliss-reactive ketones (excluding diaryl/α,β-unsaturated/α-hetero) is 1. The molecule has 12 heavy (non-hydrogen) atoms. The van der Waals surface area contributed by atoms with Crippen LogP contribution in [0.3, 0.4) is 0 Å². The predicted octanol–water partition coefficient (Wildman–Crippen LogP) is 2.15. The number of allylic oxidation sites excluding steroid dienone is 1. The summed E-state index contributed by atoms with van der Waals surface area (Å²) in [7, 11) is 0. The molecule has 2 unspecified atom stereocenters. The SMILES string of the molecule is CCC(=O)C(C)C1C=COCC1. The highest BCUT2D eigenvalue weighted by Gasteiger charge is 2.21. The van der Waals surface area contributed by atoms with Crippen molar-refractivity contribution < 1.29 is 9.53 Å². The highest BCUT2D eigenvalue weighted by molar-refractivity contribution is 5.80. The Morgan fingerprint density at radius 3 is 3.00 bits per heavy atom. The van der Waals surface area contributed by atoms with E-state index in [1.54, 1.807) is 6.26 Å². The molecule has 0 saturated carbocycles. The monoisotopic (exact) mass is 168 g/mol. The minimum Gasteiger partial charge on any atom is -0.501 e. The molecule has 2 nitrogen and oxygen atoms in total. The maximum Gasteiger partial charge on any atom is 0.136 e. The standard InChI is InChI=1S/C10H16O2/c1-3-10(11)8(2)9-4-6-12-7-5-9/h4,6,8-9H,3,5,7H2,1-2H3. The van der Waals surface area contributed by atoms with Gasteiger partial charge in [0.25, 0.3) is 0 Å². The van der Waals surface area contributed by atoms with Crippen LogP contribution in [-0.4, -0.2) is 12.4 Å². The Hall–Kier alpha value is -0.790. The van der Waals surface area contributed by atoms with Gasteiger partial charge < -0.3 is 4.74 Å². The van der Waals surface area contributed by atoms with Gasteiger partial charge in [-0.15, -0.1) is 0 Å². The van der Waals surface area contributed by atoms with Crippen molar-refractivity contribution in [3.8, 4) is 0 Å². The Kier molecular flexibility index (Phi) is 3.32. The Morgan fingerprint density at radius 2 is 2.50 bits per heavy atom. The molecule has 1 aliphatic rings.